The van der Waals surface area contributed by atoms with Gasteiger partial charge in [-0.25, -0.2) is 17.2 Å². The highest BCUT2D eigenvalue weighted by Gasteiger charge is 2.39. The Balaban J connectivity index is 1.45. The molecule has 0 spiro atoms. The minimum atomic E-state index is -3.58. The van der Waals surface area contributed by atoms with Crippen LogP contribution in [0.3, 0.4) is 0 Å². The van der Waals surface area contributed by atoms with Crippen molar-refractivity contribution in [1.82, 2.24) is 14.1 Å². The highest BCUT2D eigenvalue weighted by molar-refractivity contribution is 7.88. The van der Waals surface area contributed by atoms with Gasteiger partial charge in [0.05, 0.1) is 18.0 Å². The number of nitrogens with two attached hydrogens (primary N) is 1. The lowest BCUT2D eigenvalue weighted by atomic mass is 10.2. The summed E-state index contributed by atoms with van der Waals surface area (Å²) in [4.78, 5) is 15.4. The fraction of sp³-hybridized carbons (Fsp3) is 0.385. The zero-order valence-corrected chi connectivity index (χ0v) is 21.8. The molecule has 2 aromatic carbocycles. The van der Waals surface area contributed by atoms with Crippen molar-refractivity contribution in [1.29, 1.82) is 0 Å². The van der Waals surface area contributed by atoms with E-state index >= 15 is 0 Å². The number of benzene rings is 2. The van der Waals surface area contributed by atoms with Crippen LogP contribution in [0.25, 0.3) is 5.69 Å². The Morgan fingerprint density at radius 2 is 1.66 bits per heavy atom. The first-order chi connectivity index (χ1) is 18.0. The SMILES string of the molecule is CC1(COc2c(N)nn(-c3cc(F)cc(F)c3)c(=O)c2N2CCN(S(=O)(=O)Cc3ccccc3)CC2)CC1. The fourth-order valence-electron chi connectivity index (χ4n) is 4.45. The summed E-state index contributed by atoms with van der Waals surface area (Å²) in [7, 11) is -3.58. The molecule has 12 heteroatoms. The Kier molecular flexibility index (Phi) is 6.86. The quantitative estimate of drug-likeness (QED) is 0.463. The van der Waals surface area contributed by atoms with Crippen LogP contribution in [0.1, 0.15) is 25.3 Å². The summed E-state index contributed by atoms with van der Waals surface area (Å²) in [6.07, 6.45) is 1.96. The Morgan fingerprint density at radius 1 is 1.03 bits per heavy atom. The summed E-state index contributed by atoms with van der Waals surface area (Å²) < 4.78 is 62.2. The minimum absolute atomic E-state index is 0.0194. The van der Waals surface area contributed by atoms with Crippen molar-refractivity contribution in [2.45, 2.75) is 25.5 Å². The molecule has 202 valence electrons. The summed E-state index contributed by atoms with van der Waals surface area (Å²) >= 11 is 0. The van der Waals surface area contributed by atoms with Crippen molar-refractivity contribution >= 4 is 21.5 Å². The van der Waals surface area contributed by atoms with Crippen LogP contribution < -0.4 is 20.9 Å². The molecule has 38 heavy (non-hydrogen) atoms. The molecule has 2 aliphatic rings. The summed E-state index contributed by atoms with van der Waals surface area (Å²) in [5, 5.41) is 4.09. The lowest BCUT2D eigenvalue weighted by Gasteiger charge is -2.36. The maximum atomic E-state index is 13.9. The van der Waals surface area contributed by atoms with E-state index < -0.39 is 27.2 Å². The Morgan fingerprint density at radius 3 is 2.26 bits per heavy atom. The number of hydrogen-bond donors (Lipinski definition) is 1. The molecule has 0 amide bonds. The van der Waals surface area contributed by atoms with E-state index in [1.165, 1.54) is 4.31 Å². The van der Waals surface area contributed by atoms with Gasteiger partial charge < -0.3 is 15.4 Å². The van der Waals surface area contributed by atoms with E-state index in [4.69, 9.17) is 10.5 Å². The van der Waals surface area contributed by atoms with Crippen molar-refractivity contribution in [3.05, 3.63) is 76.1 Å². The van der Waals surface area contributed by atoms with Crippen molar-refractivity contribution < 1.29 is 21.9 Å². The second-order valence-electron chi connectivity index (χ2n) is 10.1. The highest BCUT2D eigenvalue weighted by Crippen LogP contribution is 2.46. The second-order valence-corrected chi connectivity index (χ2v) is 12.1. The molecule has 2 N–H and O–H groups in total. The van der Waals surface area contributed by atoms with Crippen molar-refractivity contribution in [2.75, 3.05) is 43.4 Å². The molecule has 1 aromatic heterocycles. The highest BCUT2D eigenvalue weighted by atomic mass is 32.2. The number of hydrogen-bond acceptors (Lipinski definition) is 7. The molecule has 2 heterocycles. The van der Waals surface area contributed by atoms with E-state index in [1.54, 1.807) is 29.2 Å². The summed E-state index contributed by atoms with van der Waals surface area (Å²) in [6.45, 7) is 3.06. The molecular formula is C26H29F2N5O4S. The predicted molar refractivity (Wildman–Crippen MR) is 140 cm³/mol. The molecule has 0 radical (unpaired) electrons. The van der Waals surface area contributed by atoms with E-state index in [1.807, 2.05) is 6.07 Å². The largest absolute Gasteiger partial charge is 0.487 e. The fourth-order valence-corrected chi connectivity index (χ4v) is 5.96. The van der Waals surface area contributed by atoms with E-state index in [0.717, 1.165) is 29.7 Å². The van der Waals surface area contributed by atoms with E-state index in [2.05, 4.69) is 12.0 Å². The molecule has 3 aromatic rings. The zero-order valence-electron chi connectivity index (χ0n) is 20.9. The van der Waals surface area contributed by atoms with Gasteiger partial charge in [-0.15, -0.1) is 5.10 Å². The lowest BCUT2D eigenvalue weighted by molar-refractivity contribution is 0.247. The predicted octanol–water partition coefficient (Wildman–Crippen LogP) is 2.92. The maximum absolute atomic E-state index is 13.9. The number of nitrogens with zero attached hydrogens (tertiary/aromatic N) is 4. The van der Waals surface area contributed by atoms with E-state index in [-0.39, 0.29) is 60.3 Å². The number of anilines is 2. The van der Waals surface area contributed by atoms with Gasteiger partial charge in [-0.2, -0.15) is 8.99 Å². The van der Waals surface area contributed by atoms with Crippen LogP contribution in [0.2, 0.25) is 0 Å². The van der Waals surface area contributed by atoms with Gasteiger partial charge in [0, 0.05) is 37.7 Å². The van der Waals surface area contributed by atoms with Crippen molar-refractivity contribution in [3.8, 4) is 11.4 Å². The topological polar surface area (TPSA) is 111 Å². The van der Waals surface area contributed by atoms with E-state index in [0.29, 0.717) is 18.2 Å². The first-order valence-electron chi connectivity index (χ1n) is 12.3. The molecule has 0 atom stereocenters. The van der Waals surface area contributed by atoms with Crippen LogP contribution in [0.5, 0.6) is 5.75 Å². The van der Waals surface area contributed by atoms with Crippen molar-refractivity contribution in [3.63, 3.8) is 0 Å². The molecule has 0 bridgehead atoms. The van der Waals surface area contributed by atoms with Crippen LogP contribution >= 0.6 is 0 Å². The van der Waals surface area contributed by atoms with Crippen molar-refractivity contribution in [2.24, 2.45) is 5.41 Å². The third-order valence-electron chi connectivity index (χ3n) is 6.95. The van der Waals surface area contributed by atoms with E-state index in [9.17, 15) is 22.0 Å². The van der Waals surface area contributed by atoms with Gasteiger partial charge >= 0.3 is 0 Å². The monoisotopic (exact) mass is 545 g/mol. The Hall–Kier alpha value is -3.51. The number of nitrogen functional groups attached to an aromatic ring is 1. The summed E-state index contributed by atoms with van der Waals surface area (Å²) in [5.74, 6) is -1.87. The molecule has 1 saturated carbocycles. The normalized spacial score (nSPS) is 17.4. The van der Waals surface area contributed by atoms with Crippen LogP contribution in [0.15, 0.2) is 53.3 Å². The van der Waals surface area contributed by atoms with Crippen LogP contribution in [0, 0.1) is 17.0 Å². The number of aromatic nitrogens is 2. The number of rotatable bonds is 8. The van der Waals surface area contributed by atoms with Gasteiger partial charge in [0.2, 0.25) is 10.0 Å². The number of sulfonamides is 1. The first-order valence-corrected chi connectivity index (χ1v) is 13.9. The van der Waals surface area contributed by atoms with Crippen LogP contribution in [-0.2, 0) is 15.8 Å². The molecule has 0 unspecified atom stereocenters. The van der Waals surface area contributed by atoms with Gasteiger partial charge in [-0.05, 0) is 30.5 Å². The molecule has 9 nitrogen and oxygen atoms in total. The minimum Gasteiger partial charge on any atom is -0.487 e. The molecular weight excluding hydrogens is 516 g/mol. The Labute approximate surface area is 219 Å². The smallest absolute Gasteiger partial charge is 0.299 e. The number of piperazine rings is 1. The summed E-state index contributed by atoms with van der Waals surface area (Å²) in [5.41, 5.74) is 6.20. The zero-order chi connectivity index (χ0) is 27.1. The Bertz CT molecular complexity index is 1480. The third kappa shape index (κ3) is 5.51. The second kappa shape index (κ2) is 9.99. The third-order valence-corrected chi connectivity index (χ3v) is 8.80. The van der Waals surface area contributed by atoms with Crippen LogP contribution in [-0.4, -0.2) is 55.3 Å². The van der Waals surface area contributed by atoms with Crippen LogP contribution in [0.4, 0.5) is 20.3 Å². The lowest BCUT2D eigenvalue weighted by Crippen LogP contribution is -2.50. The molecule has 1 saturated heterocycles. The molecule has 5 rings (SSSR count). The molecule has 1 aliphatic heterocycles. The average molecular weight is 546 g/mol. The van der Waals surface area contributed by atoms with Gasteiger partial charge in [0.1, 0.15) is 11.6 Å². The van der Waals surface area contributed by atoms with Gasteiger partial charge in [-0.3, -0.25) is 4.79 Å². The average Bonchev–Trinajstić information content (AvgIpc) is 3.61. The van der Waals surface area contributed by atoms with Gasteiger partial charge in [-0.1, -0.05) is 37.3 Å². The maximum Gasteiger partial charge on any atom is 0.299 e. The number of halogens is 2. The standard InChI is InChI=1S/C26H29F2N5O4S/c1-26(7-8-26)17-37-23-22(25(34)33(30-24(23)29)21-14-19(27)13-20(28)15-21)31-9-11-32(12-10-31)38(35,36)16-18-5-3-2-4-6-18/h2-6,13-15H,7-12,16-17H2,1H3,(H2,29,30). The van der Waals surface area contributed by atoms with Gasteiger partial charge in [0.15, 0.2) is 17.3 Å². The molecule has 1 aliphatic carbocycles. The first kappa shape index (κ1) is 26.1. The molecule has 2 fully saturated rings. The number of ether oxygens (including phenoxy) is 1. The van der Waals surface area contributed by atoms with Gasteiger partial charge in [0.25, 0.3) is 5.56 Å². The summed E-state index contributed by atoms with van der Waals surface area (Å²) in [6, 6.07) is 11.6.